The van der Waals surface area contributed by atoms with Crippen molar-refractivity contribution in [3.8, 4) is 0 Å². The first-order valence-electron chi connectivity index (χ1n) is 6.24. The van der Waals surface area contributed by atoms with E-state index in [1.807, 2.05) is 0 Å². The van der Waals surface area contributed by atoms with Crippen molar-refractivity contribution >= 4 is 15.9 Å². The molecule has 2 N–H and O–H groups in total. The van der Waals surface area contributed by atoms with Crippen molar-refractivity contribution in [1.29, 1.82) is 0 Å². The van der Waals surface area contributed by atoms with Crippen LogP contribution in [0.5, 0.6) is 0 Å². The van der Waals surface area contributed by atoms with Crippen LogP contribution in [0.1, 0.15) is 37.7 Å². The van der Waals surface area contributed by atoms with Crippen molar-refractivity contribution in [3.63, 3.8) is 0 Å². The van der Waals surface area contributed by atoms with Crippen LogP contribution < -0.4 is 5.73 Å². The summed E-state index contributed by atoms with van der Waals surface area (Å²) in [6, 6.07) is 8.72. The largest absolute Gasteiger partial charge is 0.327 e. The molecule has 88 valence electrons. The van der Waals surface area contributed by atoms with E-state index < -0.39 is 0 Å². The zero-order chi connectivity index (χ0) is 11.4. The molecule has 2 rings (SSSR count). The summed E-state index contributed by atoms with van der Waals surface area (Å²) in [7, 11) is 0. The van der Waals surface area contributed by atoms with E-state index in [4.69, 9.17) is 5.73 Å². The highest BCUT2D eigenvalue weighted by molar-refractivity contribution is 9.10. The van der Waals surface area contributed by atoms with Gasteiger partial charge in [0.2, 0.25) is 0 Å². The summed E-state index contributed by atoms with van der Waals surface area (Å²) < 4.78 is 1.19. The number of hydrogen-bond acceptors (Lipinski definition) is 1. The molecule has 1 aromatic rings. The average Bonchev–Trinajstić information content (AvgIpc) is 2.74. The molecule has 1 nitrogen and oxygen atoms in total. The van der Waals surface area contributed by atoms with Gasteiger partial charge in [-0.2, -0.15) is 0 Å². The quantitative estimate of drug-likeness (QED) is 0.890. The van der Waals surface area contributed by atoms with Crippen LogP contribution in [0.2, 0.25) is 0 Å². The van der Waals surface area contributed by atoms with Crippen LogP contribution in [-0.4, -0.2) is 6.04 Å². The first-order chi connectivity index (χ1) is 7.75. The van der Waals surface area contributed by atoms with Crippen LogP contribution in [0, 0.1) is 5.92 Å². The Balaban J connectivity index is 1.86. The normalized spacial score (nSPS) is 18.9. The topological polar surface area (TPSA) is 26.0 Å². The van der Waals surface area contributed by atoms with Crippen LogP contribution >= 0.6 is 15.9 Å². The highest BCUT2D eigenvalue weighted by Gasteiger charge is 2.18. The standard InChI is InChI=1S/C14H20BrN/c15-14-8-4-3-7-12(14)10-13(16)9-11-5-1-2-6-11/h3-4,7-8,11,13H,1-2,5-6,9-10,16H2. The van der Waals surface area contributed by atoms with E-state index in [1.54, 1.807) is 0 Å². The van der Waals surface area contributed by atoms with Crippen molar-refractivity contribution in [2.45, 2.75) is 44.6 Å². The van der Waals surface area contributed by atoms with E-state index >= 15 is 0 Å². The molecule has 0 spiro atoms. The summed E-state index contributed by atoms with van der Waals surface area (Å²) in [6.45, 7) is 0. The number of benzene rings is 1. The first-order valence-corrected chi connectivity index (χ1v) is 7.04. The van der Waals surface area contributed by atoms with Gasteiger partial charge in [0, 0.05) is 10.5 Å². The summed E-state index contributed by atoms with van der Waals surface area (Å²) in [6.07, 6.45) is 7.80. The van der Waals surface area contributed by atoms with E-state index in [0.29, 0.717) is 6.04 Å². The zero-order valence-corrected chi connectivity index (χ0v) is 11.2. The summed E-state index contributed by atoms with van der Waals surface area (Å²) in [4.78, 5) is 0. The summed E-state index contributed by atoms with van der Waals surface area (Å²) in [5.41, 5.74) is 7.57. The maximum atomic E-state index is 6.23. The molecule has 1 fully saturated rings. The summed E-state index contributed by atoms with van der Waals surface area (Å²) in [5.74, 6) is 0.887. The molecule has 0 aliphatic heterocycles. The molecule has 0 radical (unpaired) electrons. The maximum Gasteiger partial charge on any atom is 0.0207 e. The molecular weight excluding hydrogens is 262 g/mol. The van der Waals surface area contributed by atoms with Crippen LogP contribution in [0.15, 0.2) is 28.7 Å². The van der Waals surface area contributed by atoms with Gasteiger partial charge >= 0.3 is 0 Å². The molecule has 1 saturated carbocycles. The van der Waals surface area contributed by atoms with Gasteiger partial charge in [-0.25, -0.2) is 0 Å². The van der Waals surface area contributed by atoms with Crippen molar-refractivity contribution in [2.24, 2.45) is 11.7 Å². The van der Waals surface area contributed by atoms with Gasteiger partial charge in [-0.15, -0.1) is 0 Å². The second kappa shape index (κ2) is 5.83. The Morgan fingerprint density at radius 2 is 1.94 bits per heavy atom. The first kappa shape index (κ1) is 12.1. The van der Waals surface area contributed by atoms with Crippen molar-refractivity contribution < 1.29 is 0 Å². The molecule has 0 aromatic heterocycles. The molecule has 16 heavy (non-hydrogen) atoms. The second-order valence-corrected chi connectivity index (χ2v) is 5.80. The Labute approximate surface area is 107 Å². The van der Waals surface area contributed by atoms with Crippen molar-refractivity contribution in [2.75, 3.05) is 0 Å². The number of rotatable bonds is 4. The van der Waals surface area contributed by atoms with Gasteiger partial charge in [0.25, 0.3) is 0 Å². The van der Waals surface area contributed by atoms with Crippen LogP contribution in [0.3, 0.4) is 0 Å². The molecule has 0 heterocycles. The van der Waals surface area contributed by atoms with E-state index in [2.05, 4.69) is 40.2 Å². The van der Waals surface area contributed by atoms with Gasteiger partial charge < -0.3 is 5.73 Å². The molecule has 1 aliphatic rings. The smallest absolute Gasteiger partial charge is 0.0207 e. The highest BCUT2D eigenvalue weighted by atomic mass is 79.9. The molecule has 1 aliphatic carbocycles. The lowest BCUT2D eigenvalue weighted by Crippen LogP contribution is -2.25. The molecule has 2 heteroatoms. The number of hydrogen-bond donors (Lipinski definition) is 1. The zero-order valence-electron chi connectivity index (χ0n) is 9.66. The Bertz CT molecular complexity index is 331. The van der Waals surface area contributed by atoms with Crippen LogP contribution in [-0.2, 0) is 6.42 Å². The van der Waals surface area contributed by atoms with Gasteiger partial charge in [-0.1, -0.05) is 59.8 Å². The summed E-state index contributed by atoms with van der Waals surface area (Å²) in [5, 5.41) is 0. The molecule has 1 aromatic carbocycles. The monoisotopic (exact) mass is 281 g/mol. The lowest BCUT2D eigenvalue weighted by Gasteiger charge is -2.16. The molecule has 1 unspecified atom stereocenters. The van der Waals surface area contributed by atoms with Gasteiger partial charge in [-0.05, 0) is 30.4 Å². The van der Waals surface area contributed by atoms with Crippen molar-refractivity contribution in [1.82, 2.24) is 0 Å². The molecule has 0 saturated heterocycles. The Kier molecular flexibility index (Phi) is 4.42. The fourth-order valence-electron chi connectivity index (χ4n) is 2.70. The van der Waals surface area contributed by atoms with Crippen LogP contribution in [0.25, 0.3) is 0 Å². The average molecular weight is 282 g/mol. The second-order valence-electron chi connectivity index (χ2n) is 4.94. The lowest BCUT2D eigenvalue weighted by molar-refractivity contribution is 0.440. The predicted molar refractivity (Wildman–Crippen MR) is 72.4 cm³/mol. The molecular formula is C14H20BrN. The minimum absolute atomic E-state index is 0.321. The van der Waals surface area contributed by atoms with Gasteiger partial charge in [0.15, 0.2) is 0 Å². The maximum absolute atomic E-state index is 6.23. The Hall–Kier alpha value is -0.340. The van der Waals surface area contributed by atoms with Crippen LogP contribution in [0.4, 0.5) is 0 Å². The third-order valence-electron chi connectivity index (χ3n) is 3.55. The van der Waals surface area contributed by atoms with Crippen molar-refractivity contribution in [3.05, 3.63) is 34.3 Å². The third-order valence-corrected chi connectivity index (χ3v) is 4.32. The fourth-order valence-corrected chi connectivity index (χ4v) is 3.15. The highest BCUT2D eigenvalue weighted by Crippen LogP contribution is 2.29. The lowest BCUT2D eigenvalue weighted by atomic mass is 9.95. The molecule has 0 amide bonds. The fraction of sp³-hybridized carbons (Fsp3) is 0.571. The minimum atomic E-state index is 0.321. The minimum Gasteiger partial charge on any atom is -0.327 e. The van der Waals surface area contributed by atoms with E-state index in [-0.39, 0.29) is 0 Å². The summed E-state index contributed by atoms with van der Waals surface area (Å²) >= 11 is 3.58. The SMILES string of the molecule is NC(Cc1ccccc1Br)CC1CCCC1. The van der Waals surface area contributed by atoms with E-state index in [1.165, 1.54) is 42.1 Å². The molecule has 1 atom stereocenters. The predicted octanol–water partition coefficient (Wildman–Crippen LogP) is 3.90. The van der Waals surface area contributed by atoms with E-state index in [0.717, 1.165) is 12.3 Å². The van der Waals surface area contributed by atoms with Gasteiger partial charge in [0.1, 0.15) is 0 Å². The van der Waals surface area contributed by atoms with E-state index in [9.17, 15) is 0 Å². The number of nitrogens with two attached hydrogens (primary N) is 1. The van der Waals surface area contributed by atoms with Gasteiger partial charge in [-0.3, -0.25) is 0 Å². The third kappa shape index (κ3) is 3.33. The van der Waals surface area contributed by atoms with Gasteiger partial charge in [0.05, 0.1) is 0 Å². The number of halogens is 1. The molecule has 0 bridgehead atoms. The Morgan fingerprint density at radius 3 is 2.62 bits per heavy atom. The Morgan fingerprint density at radius 1 is 1.25 bits per heavy atom.